The van der Waals surface area contributed by atoms with Gasteiger partial charge in [-0.2, -0.15) is 0 Å². The minimum Gasteiger partial charge on any atom is -0.477 e. The van der Waals surface area contributed by atoms with E-state index in [2.05, 4.69) is 0 Å². The third-order valence-electron chi connectivity index (χ3n) is 4.62. The SMILES string of the molecule is CC(=O)N(Cc1ccc(Cl)cc1)c1cc(-c2ccccc2)sc1C(=O)O.O=C(O)c1cccs1. The number of benzene rings is 2. The fourth-order valence-electron chi connectivity index (χ4n) is 3.02. The largest absolute Gasteiger partial charge is 0.477 e. The highest BCUT2D eigenvalue weighted by molar-refractivity contribution is 7.18. The van der Waals surface area contributed by atoms with Gasteiger partial charge in [0.1, 0.15) is 9.75 Å². The van der Waals surface area contributed by atoms with E-state index in [1.54, 1.807) is 35.7 Å². The lowest BCUT2D eigenvalue weighted by molar-refractivity contribution is -0.116. The van der Waals surface area contributed by atoms with Crippen LogP contribution in [0, 0.1) is 0 Å². The van der Waals surface area contributed by atoms with E-state index in [0.29, 0.717) is 15.6 Å². The molecule has 0 radical (unpaired) electrons. The lowest BCUT2D eigenvalue weighted by atomic mass is 10.1. The monoisotopic (exact) mass is 513 g/mol. The van der Waals surface area contributed by atoms with Crippen molar-refractivity contribution in [1.82, 2.24) is 0 Å². The molecule has 0 bridgehead atoms. The second-order valence-corrected chi connectivity index (χ2v) is 9.45. The molecule has 0 aliphatic rings. The van der Waals surface area contributed by atoms with Crippen LogP contribution in [0.1, 0.15) is 31.8 Å². The predicted molar refractivity (Wildman–Crippen MR) is 136 cm³/mol. The molecule has 174 valence electrons. The highest BCUT2D eigenvalue weighted by Crippen LogP contribution is 2.37. The first kappa shape index (κ1) is 25.2. The second kappa shape index (κ2) is 11.6. The predicted octanol–water partition coefficient (Wildman–Crippen LogP) is 6.77. The van der Waals surface area contributed by atoms with Gasteiger partial charge in [0.25, 0.3) is 0 Å². The van der Waals surface area contributed by atoms with Crippen molar-refractivity contribution in [2.75, 3.05) is 4.90 Å². The van der Waals surface area contributed by atoms with Crippen LogP contribution in [-0.4, -0.2) is 28.1 Å². The number of carboxylic acids is 2. The topological polar surface area (TPSA) is 94.9 Å². The fourth-order valence-corrected chi connectivity index (χ4v) is 4.71. The van der Waals surface area contributed by atoms with Crippen LogP contribution in [0.4, 0.5) is 5.69 Å². The van der Waals surface area contributed by atoms with Crippen molar-refractivity contribution in [2.45, 2.75) is 13.5 Å². The van der Waals surface area contributed by atoms with Gasteiger partial charge in [0.05, 0.1) is 12.2 Å². The Bertz CT molecular complexity index is 1270. The van der Waals surface area contributed by atoms with Crippen LogP contribution in [-0.2, 0) is 11.3 Å². The summed E-state index contributed by atoms with van der Waals surface area (Å²) in [6.45, 7) is 1.71. The molecule has 6 nitrogen and oxygen atoms in total. The highest BCUT2D eigenvalue weighted by atomic mass is 35.5. The van der Waals surface area contributed by atoms with Gasteiger partial charge in [-0.1, -0.05) is 60.1 Å². The molecule has 4 aromatic rings. The Morgan fingerprint density at radius 3 is 2.09 bits per heavy atom. The maximum absolute atomic E-state index is 12.2. The molecule has 2 aromatic carbocycles. The van der Waals surface area contributed by atoms with Crippen LogP contribution in [0.3, 0.4) is 0 Å². The highest BCUT2D eigenvalue weighted by Gasteiger charge is 2.23. The van der Waals surface area contributed by atoms with Gasteiger partial charge in [-0.25, -0.2) is 9.59 Å². The van der Waals surface area contributed by atoms with Gasteiger partial charge in [-0.15, -0.1) is 22.7 Å². The minimum absolute atomic E-state index is 0.146. The lowest BCUT2D eigenvalue weighted by Crippen LogP contribution is -2.28. The number of rotatable bonds is 6. The maximum atomic E-state index is 12.2. The van der Waals surface area contributed by atoms with Crippen molar-refractivity contribution in [3.8, 4) is 10.4 Å². The van der Waals surface area contributed by atoms with Crippen molar-refractivity contribution < 1.29 is 24.6 Å². The molecule has 2 aromatic heterocycles. The van der Waals surface area contributed by atoms with E-state index < -0.39 is 11.9 Å². The summed E-state index contributed by atoms with van der Waals surface area (Å²) in [5, 5.41) is 20.2. The first-order chi connectivity index (χ1) is 16.3. The summed E-state index contributed by atoms with van der Waals surface area (Å²) in [5.41, 5.74) is 2.19. The zero-order chi connectivity index (χ0) is 24.7. The molecule has 0 fully saturated rings. The van der Waals surface area contributed by atoms with E-state index in [4.69, 9.17) is 16.7 Å². The summed E-state index contributed by atoms with van der Waals surface area (Å²) < 4.78 is 0. The molecular formula is C25H20ClNO5S2. The zero-order valence-electron chi connectivity index (χ0n) is 18.0. The number of anilines is 1. The Morgan fingerprint density at radius 2 is 1.59 bits per heavy atom. The number of hydrogen-bond donors (Lipinski definition) is 2. The number of carboxylic acid groups (broad SMARTS) is 2. The number of thiophene rings is 2. The summed E-state index contributed by atoms with van der Waals surface area (Å²) in [5.74, 6) is -2.12. The molecule has 0 saturated heterocycles. The molecule has 4 rings (SSSR count). The van der Waals surface area contributed by atoms with E-state index in [-0.39, 0.29) is 17.3 Å². The number of aromatic carboxylic acids is 2. The first-order valence-electron chi connectivity index (χ1n) is 9.98. The van der Waals surface area contributed by atoms with Gasteiger partial charge in [-0.3, -0.25) is 4.79 Å². The van der Waals surface area contributed by atoms with Gasteiger partial charge in [0.15, 0.2) is 0 Å². The van der Waals surface area contributed by atoms with E-state index in [1.807, 2.05) is 42.5 Å². The van der Waals surface area contributed by atoms with Crippen molar-refractivity contribution in [2.24, 2.45) is 0 Å². The molecule has 0 unspecified atom stereocenters. The van der Waals surface area contributed by atoms with Gasteiger partial charge in [-0.05, 0) is 40.8 Å². The Kier molecular flexibility index (Phi) is 8.59. The van der Waals surface area contributed by atoms with Gasteiger partial charge in [0.2, 0.25) is 5.91 Å². The molecular weight excluding hydrogens is 494 g/mol. The number of carbonyl (C=O) groups excluding carboxylic acids is 1. The summed E-state index contributed by atoms with van der Waals surface area (Å²) in [4.78, 5) is 36.9. The smallest absolute Gasteiger partial charge is 0.348 e. The summed E-state index contributed by atoms with van der Waals surface area (Å²) in [7, 11) is 0. The molecule has 34 heavy (non-hydrogen) atoms. The Labute approximate surface area is 209 Å². The molecule has 0 aliphatic carbocycles. The van der Waals surface area contributed by atoms with Crippen LogP contribution < -0.4 is 4.90 Å². The zero-order valence-corrected chi connectivity index (χ0v) is 20.4. The minimum atomic E-state index is -1.05. The van der Waals surface area contributed by atoms with Crippen molar-refractivity contribution in [3.63, 3.8) is 0 Å². The van der Waals surface area contributed by atoms with Gasteiger partial charge < -0.3 is 15.1 Å². The first-order valence-corrected chi connectivity index (χ1v) is 12.1. The molecule has 0 spiro atoms. The van der Waals surface area contributed by atoms with Crippen LogP contribution >= 0.6 is 34.3 Å². The number of carbonyl (C=O) groups is 3. The Balaban J connectivity index is 0.000000343. The average molecular weight is 514 g/mol. The van der Waals surface area contributed by atoms with E-state index in [1.165, 1.54) is 23.2 Å². The average Bonchev–Trinajstić information content (AvgIpc) is 3.50. The van der Waals surface area contributed by atoms with Crippen molar-refractivity contribution in [1.29, 1.82) is 0 Å². The fraction of sp³-hybridized carbons (Fsp3) is 0.0800. The Morgan fingerprint density at radius 1 is 0.912 bits per heavy atom. The van der Waals surface area contributed by atoms with Crippen LogP contribution in [0.25, 0.3) is 10.4 Å². The Hall–Kier alpha value is -3.46. The number of amides is 1. The normalized spacial score (nSPS) is 10.2. The lowest BCUT2D eigenvalue weighted by Gasteiger charge is -2.21. The summed E-state index contributed by atoms with van der Waals surface area (Å²) in [6, 6.07) is 21.7. The van der Waals surface area contributed by atoms with Crippen LogP contribution in [0.5, 0.6) is 0 Å². The summed E-state index contributed by atoms with van der Waals surface area (Å²) in [6.07, 6.45) is 0. The standard InChI is InChI=1S/C20H16ClNO3S.C5H4O2S/c1-13(23)22(12-14-7-9-16(21)10-8-14)17-11-18(26-19(17)20(24)25)15-5-3-2-4-6-15;6-5(7)4-2-1-3-8-4/h2-11H,12H2,1H3,(H,24,25);1-3H,(H,6,7). The summed E-state index contributed by atoms with van der Waals surface area (Å²) >= 11 is 8.31. The molecule has 1 amide bonds. The molecule has 2 N–H and O–H groups in total. The third-order valence-corrected chi connectivity index (χ3v) is 6.89. The molecule has 0 saturated carbocycles. The number of halogens is 1. The molecule has 0 aliphatic heterocycles. The molecule has 0 atom stereocenters. The second-order valence-electron chi connectivity index (χ2n) is 7.01. The van der Waals surface area contributed by atoms with Crippen molar-refractivity contribution >= 4 is 57.8 Å². The third kappa shape index (κ3) is 6.54. The van der Waals surface area contributed by atoms with Gasteiger partial charge >= 0.3 is 11.9 Å². The van der Waals surface area contributed by atoms with E-state index >= 15 is 0 Å². The molecule has 9 heteroatoms. The number of nitrogens with zero attached hydrogens (tertiary/aromatic N) is 1. The van der Waals surface area contributed by atoms with Crippen LogP contribution in [0.15, 0.2) is 78.2 Å². The maximum Gasteiger partial charge on any atom is 0.348 e. The van der Waals surface area contributed by atoms with Crippen molar-refractivity contribution in [3.05, 3.63) is 98.5 Å². The van der Waals surface area contributed by atoms with E-state index in [0.717, 1.165) is 27.3 Å². The van der Waals surface area contributed by atoms with E-state index in [9.17, 15) is 19.5 Å². The number of hydrogen-bond acceptors (Lipinski definition) is 5. The quantitative estimate of drug-likeness (QED) is 0.297. The van der Waals surface area contributed by atoms with Gasteiger partial charge in [0, 0.05) is 16.8 Å². The molecule has 2 heterocycles. The van der Waals surface area contributed by atoms with Crippen LogP contribution in [0.2, 0.25) is 5.02 Å².